The Morgan fingerprint density at radius 2 is 1.76 bits per heavy atom. The summed E-state index contributed by atoms with van der Waals surface area (Å²) in [4.78, 5) is 27.6. The van der Waals surface area contributed by atoms with Crippen molar-refractivity contribution in [1.29, 1.82) is 0 Å². The van der Waals surface area contributed by atoms with Crippen molar-refractivity contribution in [3.8, 4) is 5.75 Å². The molecule has 2 amide bonds. The van der Waals surface area contributed by atoms with Gasteiger partial charge in [0.15, 0.2) is 0 Å². The van der Waals surface area contributed by atoms with Gasteiger partial charge in [-0.25, -0.2) is 0 Å². The largest absolute Gasteiger partial charge is 0.491 e. The number of para-hydroxylation sites is 1. The summed E-state index contributed by atoms with van der Waals surface area (Å²) < 4.78 is 5.76. The van der Waals surface area contributed by atoms with Gasteiger partial charge < -0.3 is 15.0 Å². The van der Waals surface area contributed by atoms with Crippen LogP contribution in [0.25, 0.3) is 0 Å². The number of carbonyl (C=O) groups is 2. The van der Waals surface area contributed by atoms with Crippen LogP contribution in [0.4, 0.5) is 5.69 Å². The van der Waals surface area contributed by atoms with Crippen LogP contribution in [-0.4, -0.2) is 35.9 Å². The number of anilines is 1. The molecule has 1 N–H and O–H groups in total. The molecule has 29 heavy (non-hydrogen) atoms. The van der Waals surface area contributed by atoms with E-state index >= 15 is 0 Å². The van der Waals surface area contributed by atoms with E-state index in [0.717, 1.165) is 38.1 Å². The average Bonchev–Trinajstić information content (AvgIpc) is 2.74. The number of ether oxygens (including phenoxy) is 1. The minimum absolute atomic E-state index is 0.0231. The SMILES string of the molecule is CCC(C)Oc1ccc(C(=O)Nc2ccccc2C(=O)N2CCC(C)CC2)cc1. The van der Waals surface area contributed by atoms with Crippen LogP contribution in [0.2, 0.25) is 0 Å². The first kappa shape index (κ1) is 20.9. The summed E-state index contributed by atoms with van der Waals surface area (Å²) in [6, 6.07) is 14.3. The van der Waals surface area contributed by atoms with E-state index in [1.165, 1.54) is 0 Å². The molecule has 0 spiro atoms. The zero-order valence-electron chi connectivity index (χ0n) is 17.5. The normalized spacial score (nSPS) is 15.6. The molecule has 5 nitrogen and oxygen atoms in total. The van der Waals surface area contributed by atoms with Gasteiger partial charge in [-0.1, -0.05) is 26.0 Å². The monoisotopic (exact) mass is 394 g/mol. The van der Waals surface area contributed by atoms with Gasteiger partial charge in [0, 0.05) is 18.7 Å². The Morgan fingerprint density at radius 1 is 1.10 bits per heavy atom. The summed E-state index contributed by atoms with van der Waals surface area (Å²) in [6.45, 7) is 7.82. The van der Waals surface area contributed by atoms with Crippen LogP contribution in [0.3, 0.4) is 0 Å². The number of amides is 2. The quantitative estimate of drug-likeness (QED) is 0.751. The number of piperidine rings is 1. The van der Waals surface area contributed by atoms with Crippen LogP contribution < -0.4 is 10.1 Å². The molecule has 0 radical (unpaired) electrons. The number of hydrogen-bond donors (Lipinski definition) is 1. The lowest BCUT2D eigenvalue weighted by Crippen LogP contribution is -2.38. The third kappa shape index (κ3) is 5.37. The molecule has 3 rings (SSSR count). The van der Waals surface area contributed by atoms with Crippen LogP contribution >= 0.6 is 0 Å². The van der Waals surface area contributed by atoms with E-state index in [4.69, 9.17) is 4.74 Å². The Balaban J connectivity index is 1.70. The fraction of sp³-hybridized carbons (Fsp3) is 0.417. The number of rotatable bonds is 6. The molecule has 1 aliphatic rings. The number of carbonyl (C=O) groups excluding carboxylic acids is 2. The molecule has 2 aromatic carbocycles. The topological polar surface area (TPSA) is 58.6 Å². The van der Waals surface area contributed by atoms with Crippen molar-refractivity contribution in [3.05, 3.63) is 59.7 Å². The van der Waals surface area contributed by atoms with Gasteiger partial charge in [-0.05, 0) is 68.5 Å². The Morgan fingerprint density at radius 3 is 2.41 bits per heavy atom. The second-order valence-corrected chi connectivity index (χ2v) is 7.84. The van der Waals surface area contributed by atoms with Gasteiger partial charge >= 0.3 is 0 Å². The summed E-state index contributed by atoms with van der Waals surface area (Å²) in [5.74, 6) is 1.13. The number of nitrogens with one attached hydrogen (secondary N) is 1. The molecule has 154 valence electrons. The van der Waals surface area contributed by atoms with Crippen molar-refractivity contribution in [3.63, 3.8) is 0 Å². The highest BCUT2D eigenvalue weighted by Crippen LogP contribution is 2.23. The maximum absolute atomic E-state index is 13.0. The van der Waals surface area contributed by atoms with Gasteiger partial charge in [-0.15, -0.1) is 0 Å². The van der Waals surface area contributed by atoms with Crippen LogP contribution in [0.15, 0.2) is 48.5 Å². The minimum Gasteiger partial charge on any atom is -0.491 e. The zero-order chi connectivity index (χ0) is 20.8. The standard InChI is InChI=1S/C24H30N2O3/c1-4-18(3)29-20-11-9-19(10-12-20)23(27)25-22-8-6-5-7-21(22)24(28)26-15-13-17(2)14-16-26/h5-12,17-18H,4,13-16H2,1-3H3,(H,25,27). The number of benzene rings is 2. The van der Waals surface area contributed by atoms with E-state index in [-0.39, 0.29) is 17.9 Å². The van der Waals surface area contributed by atoms with E-state index < -0.39 is 0 Å². The van der Waals surface area contributed by atoms with Gasteiger partial charge in [-0.3, -0.25) is 9.59 Å². The lowest BCUT2D eigenvalue weighted by Gasteiger charge is -2.30. The minimum atomic E-state index is -0.243. The highest BCUT2D eigenvalue weighted by atomic mass is 16.5. The third-order valence-electron chi connectivity index (χ3n) is 5.51. The van der Waals surface area contributed by atoms with E-state index in [2.05, 4.69) is 19.2 Å². The third-order valence-corrected chi connectivity index (χ3v) is 5.51. The molecule has 2 aromatic rings. The summed E-state index contributed by atoms with van der Waals surface area (Å²) >= 11 is 0. The van der Waals surface area contributed by atoms with Crippen molar-refractivity contribution in [2.24, 2.45) is 5.92 Å². The molecule has 1 heterocycles. The van der Waals surface area contributed by atoms with E-state index in [9.17, 15) is 9.59 Å². The van der Waals surface area contributed by atoms with Crippen molar-refractivity contribution >= 4 is 17.5 Å². The summed E-state index contributed by atoms with van der Waals surface area (Å²) in [7, 11) is 0. The second-order valence-electron chi connectivity index (χ2n) is 7.84. The second kappa shape index (κ2) is 9.59. The number of hydrogen-bond acceptors (Lipinski definition) is 3. The van der Waals surface area contributed by atoms with Gasteiger partial charge in [0.1, 0.15) is 5.75 Å². The molecular formula is C24H30N2O3. The van der Waals surface area contributed by atoms with E-state index in [0.29, 0.717) is 22.7 Å². The average molecular weight is 395 g/mol. The number of likely N-dealkylation sites (tertiary alicyclic amines) is 1. The van der Waals surface area contributed by atoms with Gasteiger partial charge in [-0.2, -0.15) is 0 Å². The predicted octanol–water partition coefficient (Wildman–Crippen LogP) is 4.99. The lowest BCUT2D eigenvalue weighted by molar-refractivity contribution is 0.0698. The van der Waals surface area contributed by atoms with Crippen molar-refractivity contribution in [2.75, 3.05) is 18.4 Å². The fourth-order valence-corrected chi connectivity index (χ4v) is 3.36. The predicted molar refractivity (Wildman–Crippen MR) is 116 cm³/mol. The van der Waals surface area contributed by atoms with Crippen molar-refractivity contribution in [1.82, 2.24) is 4.90 Å². The Hall–Kier alpha value is -2.82. The molecule has 0 saturated carbocycles. The smallest absolute Gasteiger partial charge is 0.255 e. The van der Waals surface area contributed by atoms with E-state index in [1.54, 1.807) is 36.4 Å². The molecule has 1 unspecified atom stereocenters. The highest BCUT2D eigenvalue weighted by molar-refractivity contribution is 6.09. The van der Waals surface area contributed by atoms with Gasteiger partial charge in [0.2, 0.25) is 0 Å². The zero-order valence-corrected chi connectivity index (χ0v) is 17.5. The molecule has 1 saturated heterocycles. The highest BCUT2D eigenvalue weighted by Gasteiger charge is 2.23. The van der Waals surface area contributed by atoms with Crippen LogP contribution in [-0.2, 0) is 0 Å². The Labute approximate surface area is 173 Å². The first-order chi connectivity index (χ1) is 14.0. The molecular weight excluding hydrogens is 364 g/mol. The fourth-order valence-electron chi connectivity index (χ4n) is 3.36. The van der Waals surface area contributed by atoms with Crippen molar-refractivity contribution in [2.45, 2.75) is 46.1 Å². The number of nitrogens with zero attached hydrogens (tertiary/aromatic N) is 1. The van der Waals surface area contributed by atoms with Crippen molar-refractivity contribution < 1.29 is 14.3 Å². The molecule has 1 aliphatic heterocycles. The van der Waals surface area contributed by atoms with Crippen LogP contribution in [0.1, 0.15) is 60.7 Å². The van der Waals surface area contributed by atoms with E-state index in [1.807, 2.05) is 24.0 Å². The summed E-state index contributed by atoms with van der Waals surface area (Å²) in [6.07, 6.45) is 3.09. The Bertz CT molecular complexity index is 839. The molecule has 1 fully saturated rings. The molecule has 1 atom stereocenters. The first-order valence-corrected chi connectivity index (χ1v) is 10.4. The maximum Gasteiger partial charge on any atom is 0.255 e. The molecule has 0 aromatic heterocycles. The van der Waals surface area contributed by atoms with Crippen LogP contribution in [0, 0.1) is 5.92 Å². The summed E-state index contributed by atoms with van der Waals surface area (Å²) in [5.41, 5.74) is 1.60. The van der Waals surface area contributed by atoms with Crippen LogP contribution in [0.5, 0.6) is 5.75 Å². The van der Waals surface area contributed by atoms with Gasteiger partial charge in [0.05, 0.1) is 17.4 Å². The molecule has 5 heteroatoms. The van der Waals surface area contributed by atoms with Gasteiger partial charge in [0.25, 0.3) is 11.8 Å². The first-order valence-electron chi connectivity index (χ1n) is 10.4. The lowest BCUT2D eigenvalue weighted by atomic mass is 9.98. The summed E-state index contributed by atoms with van der Waals surface area (Å²) in [5, 5.41) is 2.90. The molecule has 0 aliphatic carbocycles. The maximum atomic E-state index is 13.0. The molecule has 0 bridgehead atoms. The Kier molecular flexibility index (Phi) is 6.91.